The van der Waals surface area contributed by atoms with Crippen LogP contribution < -0.4 is 14.6 Å². The topological polar surface area (TPSA) is 112 Å². The van der Waals surface area contributed by atoms with Crippen LogP contribution in [0.2, 0.25) is 0 Å². The maximum absolute atomic E-state index is 11.9. The van der Waals surface area contributed by atoms with Gasteiger partial charge in [-0.3, -0.25) is 4.57 Å². The summed E-state index contributed by atoms with van der Waals surface area (Å²) in [5.74, 6) is 0.381. The largest absolute Gasteiger partial charge is 0.411 e. The highest BCUT2D eigenvalue weighted by molar-refractivity contribution is 7.85. The Labute approximate surface area is 126 Å². The van der Waals surface area contributed by atoms with Gasteiger partial charge >= 0.3 is 22.0 Å². The SMILES string of the molecule is CCc1nn(C(=O)NS(=O)(=O)Oc2ccccc2)c(=O)n1C. The minimum Gasteiger partial charge on any atom is -0.367 e. The summed E-state index contributed by atoms with van der Waals surface area (Å²) in [6.07, 6.45) is 0.416. The first-order valence-corrected chi connectivity index (χ1v) is 7.71. The van der Waals surface area contributed by atoms with Gasteiger partial charge in [-0.1, -0.05) is 25.1 Å². The Balaban J connectivity index is 2.20. The first-order chi connectivity index (χ1) is 10.3. The van der Waals surface area contributed by atoms with E-state index in [4.69, 9.17) is 0 Å². The molecule has 2 aromatic rings. The maximum Gasteiger partial charge on any atom is 0.411 e. The number of rotatable bonds is 4. The van der Waals surface area contributed by atoms with Gasteiger partial charge in [0.1, 0.15) is 11.6 Å². The van der Waals surface area contributed by atoms with Crippen molar-refractivity contribution >= 4 is 16.3 Å². The average Bonchev–Trinajstić information content (AvgIpc) is 2.75. The number of carbonyl (C=O) groups excluding carboxylic acids is 1. The number of carbonyl (C=O) groups is 1. The van der Waals surface area contributed by atoms with E-state index in [9.17, 15) is 18.0 Å². The quantitative estimate of drug-likeness (QED) is 0.848. The third kappa shape index (κ3) is 3.34. The zero-order valence-corrected chi connectivity index (χ0v) is 12.7. The van der Waals surface area contributed by atoms with Gasteiger partial charge in [-0.2, -0.15) is 13.1 Å². The van der Waals surface area contributed by atoms with Crippen LogP contribution in [-0.4, -0.2) is 28.8 Å². The van der Waals surface area contributed by atoms with E-state index in [1.165, 1.54) is 19.2 Å². The lowest BCUT2D eigenvalue weighted by Crippen LogP contribution is -2.42. The van der Waals surface area contributed by atoms with Crippen LogP contribution in [0.25, 0.3) is 0 Å². The fourth-order valence-corrected chi connectivity index (χ4v) is 2.40. The zero-order chi connectivity index (χ0) is 16.3. The number of nitrogens with zero attached hydrogens (tertiary/aromatic N) is 3. The average molecular weight is 326 g/mol. The van der Waals surface area contributed by atoms with Crippen molar-refractivity contribution in [2.24, 2.45) is 7.05 Å². The fourth-order valence-electron chi connectivity index (χ4n) is 1.69. The lowest BCUT2D eigenvalue weighted by atomic mass is 10.3. The number of para-hydroxylation sites is 1. The number of hydrogen-bond acceptors (Lipinski definition) is 6. The van der Waals surface area contributed by atoms with Crippen molar-refractivity contribution in [1.29, 1.82) is 0 Å². The van der Waals surface area contributed by atoms with Gasteiger partial charge in [-0.15, -0.1) is 9.78 Å². The minimum absolute atomic E-state index is 0.0328. The number of nitrogens with one attached hydrogen (secondary N) is 1. The van der Waals surface area contributed by atoms with E-state index in [1.54, 1.807) is 29.8 Å². The van der Waals surface area contributed by atoms with Crippen molar-refractivity contribution in [3.63, 3.8) is 0 Å². The molecule has 2 rings (SSSR count). The van der Waals surface area contributed by atoms with Gasteiger partial charge in [0, 0.05) is 13.5 Å². The molecular weight excluding hydrogens is 312 g/mol. The molecule has 0 radical (unpaired) electrons. The molecule has 1 amide bonds. The van der Waals surface area contributed by atoms with E-state index in [2.05, 4.69) is 9.28 Å². The zero-order valence-electron chi connectivity index (χ0n) is 11.9. The Morgan fingerprint density at radius 3 is 2.50 bits per heavy atom. The van der Waals surface area contributed by atoms with E-state index in [0.29, 0.717) is 16.9 Å². The molecule has 1 heterocycles. The Bertz CT molecular complexity index is 838. The van der Waals surface area contributed by atoms with E-state index in [-0.39, 0.29) is 5.75 Å². The van der Waals surface area contributed by atoms with E-state index in [0.717, 1.165) is 4.57 Å². The molecule has 0 aliphatic rings. The summed E-state index contributed by atoms with van der Waals surface area (Å²) < 4.78 is 31.4. The molecule has 0 fully saturated rings. The van der Waals surface area contributed by atoms with Crippen molar-refractivity contribution < 1.29 is 17.4 Å². The predicted molar refractivity (Wildman–Crippen MR) is 76.8 cm³/mol. The lowest BCUT2D eigenvalue weighted by molar-refractivity contribution is 0.242. The molecule has 0 aliphatic carbocycles. The monoisotopic (exact) mass is 326 g/mol. The van der Waals surface area contributed by atoms with E-state index in [1.807, 2.05) is 0 Å². The number of benzene rings is 1. The molecule has 9 nitrogen and oxygen atoms in total. The Kier molecular flexibility index (Phi) is 4.31. The lowest BCUT2D eigenvalue weighted by Gasteiger charge is -2.07. The van der Waals surface area contributed by atoms with E-state index >= 15 is 0 Å². The van der Waals surface area contributed by atoms with Crippen LogP contribution in [0, 0.1) is 0 Å². The molecule has 0 spiro atoms. The second-order valence-electron chi connectivity index (χ2n) is 4.28. The number of aryl methyl sites for hydroxylation is 1. The molecule has 10 heteroatoms. The van der Waals surface area contributed by atoms with Gasteiger partial charge in [0.05, 0.1) is 0 Å². The van der Waals surface area contributed by atoms with Crippen molar-refractivity contribution in [3.8, 4) is 5.75 Å². The third-order valence-corrected chi connectivity index (χ3v) is 3.58. The molecule has 118 valence electrons. The molecule has 0 saturated carbocycles. The molecule has 0 saturated heterocycles. The van der Waals surface area contributed by atoms with Gasteiger partial charge in [0.2, 0.25) is 0 Å². The van der Waals surface area contributed by atoms with Crippen molar-refractivity contribution in [2.75, 3.05) is 0 Å². The molecular formula is C12H14N4O5S. The van der Waals surface area contributed by atoms with Crippen molar-refractivity contribution in [2.45, 2.75) is 13.3 Å². The standard InChI is InChI=1S/C12H14N4O5S/c1-3-10-13-16(12(18)15(10)2)11(17)14-22(19,20)21-9-7-5-4-6-8-9/h4-8H,3H2,1-2H3,(H,14,17). The van der Waals surface area contributed by atoms with Gasteiger partial charge in [-0.05, 0) is 12.1 Å². The normalized spacial score (nSPS) is 11.2. The highest BCUT2D eigenvalue weighted by atomic mass is 32.2. The summed E-state index contributed by atoms with van der Waals surface area (Å²) in [5, 5.41) is 3.75. The summed E-state index contributed by atoms with van der Waals surface area (Å²) >= 11 is 0. The predicted octanol–water partition coefficient (Wildman–Crippen LogP) is 0.0257. The van der Waals surface area contributed by atoms with Crippen LogP contribution in [0.4, 0.5) is 4.79 Å². The van der Waals surface area contributed by atoms with Crippen LogP contribution in [0.3, 0.4) is 0 Å². The molecule has 1 N–H and O–H groups in total. The maximum atomic E-state index is 11.9. The Morgan fingerprint density at radius 2 is 1.95 bits per heavy atom. The molecule has 0 unspecified atom stereocenters. The molecule has 1 aromatic carbocycles. The summed E-state index contributed by atoms with van der Waals surface area (Å²) in [5.41, 5.74) is -0.746. The van der Waals surface area contributed by atoms with Gasteiger partial charge in [-0.25, -0.2) is 9.59 Å². The smallest absolute Gasteiger partial charge is 0.367 e. The fraction of sp³-hybridized carbons (Fsp3) is 0.250. The van der Waals surface area contributed by atoms with Crippen LogP contribution in [-0.2, 0) is 23.8 Å². The van der Waals surface area contributed by atoms with Crippen molar-refractivity contribution in [1.82, 2.24) is 19.1 Å². The third-order valence-electron chi connectivity index (χ3n) is 2.74. The summed E-state index contributed by atoms with van der Waals surface area (Å²) in [4.78, 5) is 23.7. The highest BCUT2D eigenvalue weighted by Gasteiger charge is 2.22. The van der Waals surface area contributed by atoms with Crippen LogP contribution in [0.1, 0.15) is 12.7 Å². The Morgan fingerprint density at radius 1 is 1.32 bits per heavy atom. The van der Waals surface area contributed by atoms with Gasteiger partial charge in [0.15, 0.2) is 0 Å². The molecule has 0 bridgehead atoms. The Hall–Kier alpha value is -2.62. The van der Waals surface area contributed by atoms with Gasteiger partial charge < -0.3 is 4.18 Å². The summed E-state index contributed by atoms with van der Waals surface area (Å²) in [6.45, 7) is 1.75. The van der Waals surface area contributed by atoms with E-state index < -0.39 is 22.0 Å². The molecule has 0 atom stereocenters. The second kappa shape index (κ2) is 6.02. The molecule has 0 aliphatic heterocycles. The number of aromatic nitrogens is 3. The van der Waals surface area contributed by atoms with Crippen LogP contribution in [0.15, 0.2) is 35.1 Å². The molecule has 1 aromatic heterocycles. The minimum atomic E-state index is -4.42. The first kappa shape index (κ1) is 15.8. The first-order valence-electron chi connectivity index (χ1n) is 6.30. The molecule has 22 heavy (non-hydrogen) atoms. The van der Waals surface area contributed by atoms with Crippen LogP contribution >= 0.6 is 0 Å². The summed E-state index contributed by atoms with van der Waals surface area (Å²) in [7, 11) is -2.98. The van der Waals surface area contributed by atoms with Crippen molar-refractivity contribution in [3.05, 3.63) is 46.6 Å². The number of hydrogen-bond donors (Lipinski definition) is 1. The van der Waals surface area contributed by atoms with Gasteiger partial charge in [0.25, 0.3) is 0 Å². The summed E-state index contributed by atoms with van der Waals surface area (Å²) in [6, 6.07) is 6.43. The highest BCUT2D eigenvalue weighted by Crippen LogP contribution is 2.10. The van der Waals surface area contributed by atoms with Crippen LogP contribution in [0.5, 0.6) is 5.75 Å². The number of amides is 1. The second-order valence-corrected chi connectivity index (χ2v) is 5.56.